The Labute approximate surface area is 168 Å². The number of ether oxygens (including phenoxy) is 1. The maximum absolute atomic E-state index is 12.3. The Morgan fingerprint density at radius 2 is 1.45 bits per heavy atom. The number of H-pyrrole nitrogens is 1. The second-order valence-electron chi connectivity index (χ2n) is 6.54. The number of nitrogens with zero attached hydrogens (tertiary/aromatic N) is 2. The summed E-state index contributed by atoms with van der Waals surface area (Å²) in [6.45, 7) is 0.509. The van der Waals surface area contributed by atoms with E-state index in [0.717, 1.165) is 22.6 Å². The van der Waals surface area contributed by atoms with E-state index in [2.05, 4.69) is 20.5 Å². The molecule has 29 heavy (non-hydrogen) atoms. The molecular formula is C23H20N4O2. The van der Waals surface area contributed by atoms with Crippen molar-refractivity contribution in [1.29, 1.82) is 0 Å². The standard InChI is InChI=1S/C23H20N4O2/c28-22-21(15-17-7-3-1-4-8-17)26-27-23(25-22)24-19-11-13-20(14-12-19)29-16-18-9-5-2-6-10-18/h1-14H,15-16H2,(H2,24,25,27,28). The molecule has 3 aromatic carbocycles. The molecule has 6 nitrogen and oxygen atoms in total. The molecule has 0 fully saturated rings. The smallest absolute Gasteiger partial charge is 0.274 e. The lowest BCUT2D eigenvalue weighted by Crippen LogP contribution is -2.18. The van der Waals surface area contributed by atoms with E-state index in [-0.39, 0.29) is 5.56 Å². The van der Waals surface area contributed by atoms with Crippen LogP contribution >= 0.6 is 0 Å². The summed E-state index contributed by atoms with van der Waals surface area (Å²) in [6, 6.07) is 27.1. The summed E-state index contributed by atoms with van der Waals surface area (Å²) in [6.07, 6.45) is 0.441. The van der Waals surface area contributed by atoms with Crippen molar-refractivity contribution in [2.24, 2.45) is 0 Å². The average Bonchev–Trinajstić information content (AvgIpc) is 2.77. The van der Waals surface area contributed by atoms with Crippen LogP contribution in [0.25, 0.3) is 0 Å². The Bertz CT molecular complexity index is 1110. The van der Waals surface area contributed by atoms with Gasteiger partial charge in [-0.3, -0.25) is 9.78 Å². The highest BCUT2D eigenvalue weighted by molar-refractivity contribution is 5.54. The average molecular weight is 384 g/mol. The Morgan fingerprint density at radius 3 is 2.10 bits per heavy atom. The molecule has 4 rings (SSSR count). The first-order chi connectivity index (χ1) is 14.3. The molecule has 0 aliphatic rings. The molecule has 0 saturated heterocycles. The molecule has 0 saturated carbocycles. The predicted molar refractivity (Wildman–Crippen MR) is 112 cm³/mol. The molecule has 1 aromatic heterocycles. The van der Waals surface area contributed by atoms with Crippen molar-refractivity contribution in [3.05, 3.63) is 112 Å². The van der Waals surface area contributed by atoms with Crippen molar-refractivity contribution in [2.75, 3.05) is 5.32 Å². The fourth-order valence-corrected chi connectivity index (χ4v) is 2.83. The number of aromatic nitrogens is 3. The van der Waals surface area contributed by atoms with Gasteiger partial charge in [-0.25, -0.2) is 0 Å². The topological polar surface area (TPSA) is 79.9 Å². The summed E-state index contributed by atoms with van der Waals surface area (Å²) in [5, 5.41) is 11.2. The Hall–Kier alpha value is -3.93. The minimum atomic E-state index is -0.255. The zero-order chi connectivity index (χ0) is 19.9. The number of rotatable bonds is 7. The summed E-state index contributed by atoms with van der Waals surface area (Å²) in [7, 11) is 0. The summed E-state index contributed by atoms with van der Waals surface area (Å²) in [5.41, 5.74) is 3.02. The van der Waals surface area contributed by atoms with Crippen LogP contribution in [0.3, 0.4) is 0 Å². The van der Waals surface area contributed by atoms with E-state index in [1.54, 1.807) is 0 Å². The van der Waals surface area contributed by atoms with Gasteiger partial charge in [-0.15, -0.1) is 10.2 Å². The number of hydrogen-bond donors (Lipinski definition) is 2. The van der Waals surface area contributed by atoms with Gasteiger partial charge in [0.15, 0.2) is 0 Å². The van der Waals surface area contributed by atoms with Crippen LogP contribution in [-0.2, 0) is 13.0 Å². The van der Waals surface area contributed by atoms with E-state index in [4.69, 9.17) is 4.74 Å². The molecule has 0 spiro atoms. The molecule has 1 heterocycles. The maximum atomic E-state index is 12.3. The summed E-state index contributed by atoms with van der Waals surface area (Å²) in [4.78, 5) is 15.0. The van der Waals surface area contributed by atoms with E-state index < -0.39 is 0 Å². The number of benzene rings is 3. The fourth-order valence-electron chi connectivity index (χ4n) is 2.83. The normalized spacial score (nSPS) is 10.5. The molecule has 2 N–H and O–H groups in total. The van der Waals surface area contributed by atoms with Gasteiger partial charge in [-0.2, -0.15) is 0 Å². The van der Waals surface area contributed by atoms with E-state index in [1.807, 2.05) is 84.9 Å². The SMILES string of the molecule is O=c1[nH]c(Nc2ccc(OCc3ccccc3)cc2)nnc1Cc1ccccc1. The van der Waals surface area contributed by atoms with Gasteiger partial charge in [0.1, 0.15) is 18.1 Å². The van der Waals surface area contributed by atoms with Crippen LogP contribution in [0.2, 0.25) is 0 Å². The molecule has 144 valence electrons. The fraction of sp³-hybridized carbons (Fsp3) is 0.0870. The van der Waals surface area contributed by atoms with Crippen LogP contribution in [-0.4, -0.2) is 15.2 Å². The first-order valence-corrected chi connectivity index (χ1v) is 9.30. The Balaban J connectivity index is 1.37. The van der Waals surface area contributed by atoms with Gasteiger partial charge in [-0.05, 0) is 35.4 Å². The second-order valence-corrected chi connectivity index (χ2v) is 6.54. The highest BCUT2D eigenvalue weighted by Crippen LogP contribution is 2.18. The third-order valence-electron chi connectivity index (χ3n) is 4.34. The van der Waals surface area contributed by atoms with E-state index >= 15 is 0 Å². The van der Waals surface area contributed by atoms with Crippen LogP contribution < -0.4 is 15.6 Å². The molecule has 0 amide bonds. The third kappa shape index (κ3) is 5.07. The van der Waals surface area contributed by atoms with Gasteiger partial charge in [-0.1, -0.05) is 60.7 Å². The molecule has 0 radical (unpaired) electrons. The number of anilines is 2. The van der Waals surface area contributed by atoms with Gasteiger partial charge in [0.2, 0.25) is 5.95 Å². The van der Waals surface area contributed by atoms with Crippen molar-refractivity contribution >= 4 is 11.6 Å². The van der Waals surface area contributed by atoms with Crippen molar-refractivity contribution in [3.8, 4) is 5.75 Å². The minimum Gasteiger partial charge on any atom is -0.489 e. The largest absolute Gasteiger partial charge is 0.489 e. The van der Waals surface area contributed by atoms with Crippen molar-refractivity contribution in [2.45, 2.75) is 13.0 Å². The van der Waals surface area contributed by atoms with Crippen LogP contribution in [0.15, 0.2) is 89.7 Å². The van der Waals surface area contributed by atoms with Crippen LogP contribution in [0, 0.1) is 0 Å². The van der Waals surface area contributed by atoms with Gasteiger partial charge in [0.05, 0.1) is 0 Å². The predicted octanol–water partition coefficient (Wildman–Crippen LogP) is 4.08. The van der Waals surface area contributed by atoms with Gasteiger partial charge < -0.3 is 10.1 Å². The molecule has 0 unspecified atom stereocenters. The number of aromatic amines is 1. The molecule has 0 aliphatic heterocycles. The Morgan fingerprint density at radius 1 is 0.793 bits per heavy atom. The van der Waals surface area contributed by atoms with Crippen LogP contribution in [0.1, 0.15) is 16.8 Å². The summed E-state index contributed by atoms with van der Waals surface area (Å²) >= 11 is 0. The molecule has 4 aromatic rings. The first kappa shape index (κ1) is 18.4. The van der Waals surface area contributed by atoms with Crippen molar-refractivity contribution in [3.63, 3.8) is 0 Å². The van der Waals surface area contributed by atoms with Crippen LogP contribution in [0.5, 0.6) is 5.75 Å². The highest BCUT2D eigenvalue weighted by Gasteiger charge is 2.06. The van der Waals surface area contributed by atoms with E-state index in [1.165, 1.54) is 0 Å². The maximum Gasteiger partial charge on any atom is 0.274 e. The van der Waals surface area contributed by atoms with Gasteiger partial charge >= 0.3 is 0 Å². The van der Waals surface area contributed by atoms with Crippen molar-refractivity contribution < 1.29 is 4.74 Å². The summed E-state index contributed by atoms with van der Waals surface area (Å²) in [5.74, 6) is 1.06. The lowest BCUT2D eigenvalue weighted by atomic mass is 10.1. The van der Waals surface area contributed by atoms with E-state index in [9.17, 15) is 4.79 Å². The van der Waals surface area contributed by atoms with E-state index in [0.29, 0.717) is 24.7 Å². The lowest BCUT2D eigenvalue weighted by molar-refractivity contribution is 0.306. The number of hydrogen-bond acceptors (Lipinski definition) is 5. The first-order valence-electron chi connectivity index (χ1n) is 9.30. The second kappa shape index (κ2) is 8.84. The number of nitrogens with one attached hydrogen (secondary N) is 2. The molecule has 6 heteroatoms. The molecule has 0 aliphatic carbocycles. The quantitative estimate of drug-likeness (QED) is 0.502. The zero-order valence-electron chi connectivity index (χ0n) is 15.7. The highest BCUT2D eigenvalue weighted by atomic mass is 16.5. The molecular weight excluding hydrogens is 364 g/mol. The molecule has 0 atom stereocenters. The van der Waals surface area contributed by atoms with Crippen LogP contribution in [0.4, 0.5) is 11.6 Å². The minimum absolute atomic E-state index is 0.255. The monoisotopic (exact) mass is 384 g/mol. The van der Waals surface area contributed by atoms with Gasteiger partial charge in [0.25, 0.3) is 5.56 Å². The summed E-state index contributed by atoms with van der Waals surface area (Å²) < 4.78 is 5.78. The zero-order valence-corrected chi connectivity index (χ0v) is 15.7. The third-order valence-corrected chi connectivity index (χ3v) is 4.34. The van der Waals surface area contributed by atoms with Gasteiger partial charge in [0, 0.05) is 12.1 Å². The van der Waals surface area contributed by atoms with Crippen molar-refractivity contribution in [1.82, 2.24) is 15.2 Å². The lowest BCUT2D eigenvalue weighted by Gasteiger charge is -2.08. The molecule has 0 bridgehead atoms. The Kier molecular flexibility index (Phi) is 5.62.